The van der Waals surface area contributed by atoms with Gasteiger partial charge in [0, 0.05) is 25.5 Å². The van der Waals surface area contributed by atoms with Crippen LogP contribution in [0.25, 0.3) is 0 Å². The van der Waals surface area contributed by atoms with Crippen molar-refractivity contribution < 1.29 is 14.6 Å². The van der Waals surface area contributed by atoms with Gasteiger partial charge in [-0.3, -0.25) is 9.59 Å². The molecule has 0 saturated carbocycles. The summed E-state index contributed by atoms with van der Waals surface area (Å²) in [6.07, 6.45) is 3.19. The van der Waals surface area contributed by atoms with Gasteiger partial charge in [0.25, 0.3) is 5.56 Å². The average molecular weight is 281 g/mol. The first-order valence-electron chi connectivity index (χ1n) is 6.72. The maximum Gasteiger partial charge on any atom is 0.311 e. The second-order valence-corrected chi connectivity index (χ2v) is 4.68. The maximum absolute atomic E-state index is 12.3. The van der Waals surface area contributed by atoms with Gasteiger partial charge in [-0.1, -0.05) is 0 Å². The molecule has 1 fully saturated rings. The number of anilines is 1. The lowest BCUT2D eigenvalue weighted by molar-refractivity contribution is -0.141. The van der Waals surface area contributed by atoms with Crippen molar-refractivity contribution in [2.24, 2.45) is 5.92 Å². The number of ether oxygens (including phenoxy) is 1. The van der Waals surface area contributed by atoms with Crippen molar-refractivity contribution in [3.05, 3.63) is 22.7 Å². The summed E-state index contributed by atoms with van der Waals surface area (Å²) in [6.45, 7) is 5.28. The van der Waals surface area contributed by atoms with Gasteiger partial charge in [0.15, 0.2) is 5.82 Å². The van der Waals surface area contributed by atoms with Crippen LogP contribution in [-0.4, -0.2) is 46.4 Å². The molecule has 0 aliphatic carbocycles. The minimum Gasteiger partial charge on any atom is -0.481 e. The largest absolute Gasteiger partial charge is 0.481 e. The van der Waals surface area contributed by atoms with Gasteiger partial charge in [0.05, 0.1) is 19.3 Å². The summed E-state index contributed by atoms with van der Waals surface area (Å²) < 4.78 is 6.82. The normalized spacial score (nSPS) is 21.9. The minimum absolute atomic E-state index is 0.172. The Balaban J connectivity index is 2.38. The van der Waals surface area contributed by atoms with Crippen LogP contribution in [0.4, 0.5) is 5.82 Å². The molecule has 0 amide bonds. The molecule has 1 aliphatic heterocycles. The van der Waals surface area contributed by atoms with Gasteiger partial charge >= 0.3 is 5.97 Å². The first-order valence-corrected chi connectivity index (χ1v) is 6.72. The molecule has 7 nitrogen and oxygen atoms in total. The smallest absolute Gasteiger partial charge is 0.311 e. The number of carboxylic acid groups (broad SMARTS) is 1. The summed E-state index contributed by atoms with van der Waals surface area (Å²) in [7, 11) is 0. The fourth-order valence-corrected chi connectivity index (χ4v) is 2.51. The van der Waals surface area contributed by atoms with E-state index in [0.29, 0.717) is 25.5 Å². The number of hydrogen-bond acceptors (Lipinski definition) is 5. The van der Waals surface area contributed by atoms with Crippen LogP contribution >= 0.6 is 0 Å². The monoisotopic (exact) mass is 281 g/mol. The number of aromatic nitrogens is 2. The highest BCUT2D eigenvalue weighted by Crippen LogP contribution is 2.22. The molecule has 2 atom stereocenters. The van der Waals surface area contributed by atoms with Gasteiger partial charge in [0.2, 0.25) is 0 Å². The number of carboxylic acids is 1. The Morgan fingerprint density at radius 3 is 2.90 bits per heavy atom. The Morgan fingerprint density at radius 1 is 1.55 bits per heavy atom. The molecule has 1 saturated heterocycles. The lowest BCUT2D eigenvalue weighted by Crippen LogP contribution is -2.46. The second-order valence-electron chi connectivity index (χ2n) is 4.68. The van der Waals surface area contributed by atoms with Crippen LogP contribution in [0.2, 0.25) is 0 Å². The molecule has 0 spiro atoms. The fourth-order valence-electron chi connectivity index (χ4n) is 2.51. The minimum atomic E-state index is -0.905. The zero-order valence-corrected chi connectivity index (χ0v) is 11.7. The second kappa shape index (κ2) is 6.04. The number of likely N-dealkylation sites (N-methyl/N-ethyl adjacent to an activating group) is 1. The van der Waals surface area contributed by atoms with E-state index in [1.807, 2.05) is 13.8 Å². The lowest BCUT2D eigenvalue weighted by atomic mass is 10.0. The number of carbonyl (C=O) groups is 1. The van der Waals surface area contributed by atoms with Crippen LogP contribution in [0.3, 0.4) is 0 Å². The van der Waals surface area contributed by atoms with E-state index in [4.69, 9.17) is 4.74 Å². The van der Waals surface area contributed by atoms with E-state index < -0.39 is 11.9 Å². The zero-order valence-electron chi connectivity index (χ0n) is 11.7. The first-order chi connectivity index (χ1) is 9.60. The number of hydrogen-bond donors (Lipinski definition) is 1. The third-order valence-corrected chi connectivity index (χ3v) is 3.62. The lowest BCUT2D eigenvalue weighted by Gasteiger charge is -2.29. The topological polar surface area (TPSA) is 84.7 Å². The highest BCUT2D eigenvalue weighted by Gasteiger charge is 2.38. The molecular weight excluding hydrogens is 262 g/mol. The Labute approximate surface area is 116 Å². The van der Waals surface area contributed by atoms with Crippen molar-refractivity contribution >= 4 is 11.8 Å². The molecule has 2 heterocycles. The van der Waals surface area contributed by atoms with Gasteiger partial charge in [-0.15, -0.1) is 0 Å². The van der Waals surface area contributed by atoms with Crippen LogP contribution in [0.5, 0.6) is 0 Å². The van der Waals surface area contributed by atoms with Crippen LogP contribution in [0.15, 0.2) is 17.2 Å². The van der Waals surface area contributed by atoms with Crippen molar-refractivity contribution in [3.63, 3.8) is 0 Å². The average Bonchev–Trinajstić information content (AvgIpc) is 2.91. The van der Waals surface area contributed by atoms with Gasteiger partial charge in [-0.2, -0.15) is 0 Å². The zero-order chi connectivity index (χ0) is 14.7. The van der Waals surface area contributed by atoms with Crippen molar-refractivity contribution in [3.8, 4) is 0 Å². The summed E-state index contributed by atoms with van der Waals surface area (Å²) >= 11 is 0. The van der Waals surface area contributed by atoms with Crippen molar-refractivity contribution in [2.45, 2.75) is 26.4 Å². The van der Waals surface area contributed by atoms with Crippen molar-refractivity contribution in [1.82, 2.24) is 9.55 Å². The summed E-state index contributed by atoms with van der Waals surface area (Å²) in [5.74, 6) is -1.25. The van der Waals surface area contributed by atoms with E-state index in [0.717, 1.165) is 0 Å². The van der Waals surface area contributed by atoms with Crippen molar-refractivity contribution in [2.75, 3.05) is 24.7 Å². The summed E-state index contributed by atoms with van der Waals surface area (Å²) in [4.78, 5) is 29.4. The fraction of sp³-hybridized carbons (Fsp3) is 0.615. The van der Waals surface area contributed by atoms with Crippen molar-refractivity contribution in [1.29, 1.82) is 0 Å². The van der Waals surface area contributed by atoms with Gasteiger partial charge in [-0.05, 0) is 13.8 Å². The summed E-state index contributed by atoms with van der Waals surface area (Å²) in [6, 6.07) is -0.356. The highest BCUT2D eigenvalue weighted by atomic mass is 16.5. The number of rotatable bonds is 5. The maximum atomic E-state index is 12.3. The van der Waals surface area contributed by atoms with E-state index >= 15 is 0 Å². The number of aryl methyl sites for hydroxylation is 1. The molecule has 0 radical (unpaired) electrons. The van der Waals surface area contributed by atoms with E-state index in [-0.39, 0.29) is 18.2 Å². The first kappa shape index (κ1) is 14.5. The Bertz CT molecular complexity index is 543. The Hall–Kier alpha value is -1.89. The Morgan fingerprint density at radius 2 is 2.30 bits per heavy atom. The third kappa shape index (κ3) is 2.53. The van der Waals surface area contributed by atoms with Gasteiger partial charge in [0.1, 0.15) is 5.92 Å². The van der Waals surface area contributed by atoms with Crippen LogP contribution in [0, 0.1) is 5.92 Å². The Kier molecular flexibility index (Phi) is 4.39. The van der Waals surface area contributed by atoms with Gasteiger partial charge < -0.3 is 19.3 Å². The molecule has 1 aromatic heterocycles. The molecule has 1 aromatic rings. The van der Waals surface area contributed by atoms with Crippen LogP contribution < -0.4 is 10.5 Å². The molecule has 0 aromatic carbocycles. The third-order valence-electron chi connectivity index (χ3n) is 3.62. The van der Waals surface area contributed by atoms with E-state index in [1.165, 1.54) is 0 Å². The standard InChI is InChI=1S/C13H19N3O4/c1-3-15-6-5-14-11(12(15)17)16(4-2)10-8-20-7-9(10)13(18)19/h5-6,9-10H,3-4,7-8H2,1-2H3,(H,18,19). The molecule has 1 aliphatic rings. The molecule has 7 heteroatoms. The predicted molar refractivity (Wildman–Crippen MR) is 72.9 cm³/mol. The molecule has 20 heavy (non-hydrogen) atoms. The SMILES string of the molecule is CCN(c1nccn(CC)c1=O)C1COCC1C(=O)O. The van der Waals surface area contributed by atoms with E-state index in [1.54, 1.807) is 21.9 Å². The molecular formula is C13H19N3O4. The molecule has 0 bridgehead atoms. The number of aliphatic carboxylic acids is 1. The summed E-state index contributed by atoms with van der Waals surface area (Å²) in [5.41, 5.74) is -0.201. The van der Waals surface area contributed by atoms with Crippen LogP contribution in [-0.2, 0) is 16.1 Å². The number of nitrogens with zero attached hydrogens (tertiary/aromatic N) is 3. The van der Waals surface area contributed by atoms with Gasteiger partial charge in [-0.25, -0.2) is 4.98 Å². The molecule has 2 rings (SSSR count). The molecule has 2 unspecified atom stereocenters. The quantitative estimate of drug-likeness (QED) is 0.829. The molecule has 110 valence electrons. The summed E-state index contributed by atoms with van der Waals surface area (Å²) in [5, 5.41) is 9.23. The van der Waals surface area contributed by atoms with E-state index in [9.17, 15) is 14.7 Å². The van der Waals surface area contributed by atoms with E-state index in [2.05, 4.69) is 4.98 Å². The highest BCUT2D eigenvalue weighted by molar-refractivity contribution is 5.72. The molecule has 1 N–H and O–H groups in total. The predicted octanol–water partition coefficient (Wildman–Crippen LogP) is 0.189. The van der Waals surface area contributed by atoms with Crippen LogP contribution in [0.1, 0.15) is 13.8 Å².